The lowest BCUT2D eigenvalue weighted by atomic mass is 10.2. The normalized spacial score (nSPS) is 10.7. The molecule has 0 spiro atoms. The molecule has 6 heteroatoms. The van der Waals surface area contributed by atoms with Gasteiger partial charge in [0.15, 0.2) is 0 Å². The molecule has 106 valence electrons. The fourth-order valence-corrected chi connectivity index (χ4v) is 1.84. The van der Waals surface area contributed by atoms with Crippen molar-refractivity contribution in [3.05, 3.63) is 23.2 Å². The fourth-order valence-electron chi connectivity index (χ4n) is 1.67. The Morgan fingerprint density at radius 2 is 2.26 bits per heavy atom. The first-order chi connectivity index (χ1) is 9.06. The van der Waals surface area contributed by atoms with E-state index < -0.39 is 0 Å². The molecule has 1 aromatic carbocycles. The minimum absolute atomic E-state index is 0.124. The quantitative estimate of drug-likeness (QED) is 0.665. The van der Waals surface area contributed by atoms with E-state index in [1.54, 1.807) is 18.2 Å². The van der Waals surface area contributed by atoms with Gasteiger partial charge in [-0.15, -0.1) is 0 Å². The third kappa shape index (κ3) is 5.46. The van der Waals surface area contributed by atoms with Crippen LogP contribution < -0.4 is 11.1 Å². The van der Waals surface area contributed by atoms with Crippen LogP contribution in [-0.4, -0.2) is 42.2 Å². The molecule has 1 aromatic rings. The van der Waals surface area contributed by atoms with Gasteiger partial charge in [0.2, 0.25) is 5.91 Å². The van der Waals surface area contributed by atoms with Gasteiger partial charge in [0.1, 0.15) is 0 Å². The number of nitrogens with zero attached hydrogens (tertiary/aromatic N) is 1. The fraction of sp³-hybridized carbons (Fsp3) is 0.462. The van der Waals surface area contributed by atoms with Crippen molar-refractivity contribution in [2.24, 2.45) is 0 Å². The standard InChI is InChI=1S/C13H20ClN3O2/c1-2-17(6-3-7-18)9-13(19)16-12-8-10(15)4-5-11(12)14/h4-5,8,18H,2-3,6-7,9,15H2,1H3,(H,16,19). The zero-order chi connectivity index (χ0) is 14.3. The number of carbonyl (C=O) groups excluding carboxylic acids is 1. The van der Waals surface area contributed by atoms with E-state index in [2.05, 4.69) is 5.32 Å². The number of halogens is 1. The van der Waals surface area contributed by atoms with Gasteiger partial charge in [-0.2, -0.15) is 0 Å². The second-order valence-electron chi connectivity index (χ2n) is 4.23. The van der Waals surface area contributed by atoms with Gasteiger partial charge in [-0.25, -0.2) is 0 Å². The number of amides is 1. The molecule has 0 aromatic heterocycles. The molecule has 5 nitrogen and oxygen atoms in total. The molecule has 4 N–H and O–H groups in total. The Morgan fingerprint density at radius 3 is 2.89 bits per heavy atom. The lowest BCUT2D eigenvalue weighted by Gasteiger charge is -2.19. The number of nitrogens with one attached hydrogen (secondary N) is 1. The van der Waals surface area contributed by atoms with Crippen LogP contribution in [0.3, 0.4) is 0 Å². The summed E-state index contributed by atoms with van der Waals surface area (Å²) < 4.78 is 0. The Morgan fingerprint density at radius 1 is 1.53 bits per heavy atom. The number of anilines is 2. The molecule has 0 aliphatic rings. The maximum absolute atomic E-state index is 11.9. The monoisotopic (exact) mass is 285 g/mol. The van der Waals surface area contributed by atoms with Gasteiger partial charge < -0.3 is 16.2 Å². The number of aliphatic hydroxyl groups is 1. The summed E-state index contributed by atoms with van der Waals surface area (Å²) in [5.74, 6) is -0.146. The van der Waals surface area contributed by atoms with E-state index in [9.17, 15) is 4.79 Å². The van der Waals surface area contributed by atoms with Crippen molar-refractivity contribution in [3.63, 3.8) is 0 Å². The molecule has 0 bridgehead atoms. The van der Waals surface area contributed by atoms with Crippen LogP contribution in [0.5, 0.6) is 0 Å². The number of rotatable bonds is 7. The second kappa shape index (κ2) is 7.99. The lowest BCUT2D eigenvalue weighted by Crippen LogP contribution is -2.34. The molecule has 1 rings (SSSR count). The van der Waals surface area contributed by atoms with Gasteiger partial charge in [-0.3, -0.25) is 9.69 Å². The molecule has 19 heavy (non-hydrogen) atoms. The number of hydrogen-bond acceptors (Lipinski definition) is 4. The molecule has 0 aliphatic carbocycles. The Labute approximate surface area is 118 Å². The van der Waals surface area contributed by atoms with E-state index in [0.29, 0.717) is 29.4 Å². The summed E-state index contributed by atoms with van der Waals surface area (Å²) in [6.45, 7) is 3.79. The highest BCUT2D eigenvalue weighted by Gasteiger charge is 2.10. The van der Waals surface area contributed by atoms with Crippen molar-refractivity contribution >= 4 is 28.9 Å². The Kier molecular flexibility index (Phi) is 6.62. The van der Waals surface area contributed by atoms with E-state index in [1.807, 2.05) is 11.8 Å². The molecule has 0 unspecified atom stereocenters. The summed E-state index contributed by atoms with van der Waals surface area (Å²) >= 11 is 5.98. The van der Waals surface area contributed by atoms with Gasteiger partial charge >= 0.3 is 0 Å². The number of hydrogen-bond donors (Lipinski definition) is 3. The van der Waals surface area contributed by atoms with E-state index >= 15 is 0 Å². The highest BCUT2D eigenvalue weighted by molar-refractivity contribution is 6.33. The average Bonchev–Trinajstić information content (AvgIpc) is 2.38. The molecule has 0 saturated carbocycles. The van der Waals surface area contributed by atoms with Crippen LogP contribution in [-0.2, 0) is 4.79 Å². The average molecular weight is 286 g/mol. The molecule has 0 fully saturated rings. The van der Waals surface area contributed by atoms with Crippen molar-refractivity contribution in [1.82, 2.24) is 4.90 Å². The van der Waals surface area contributed by atoms with E-state index in [4.69, 9.17) is 22.4 Å². The van der Waals surface area contributed by atoms with Gasteiger partial charge in [0.25, 0.3) is 0 Å². The number of nitrogens with two attached hydrogens (primary N) is 1. The highest BCUT2D eigenvalue weighted by atomic mass is 35.5. The lowest BCUT2D eigenvalue weighted by molar-refractivity contribution is -0.117. The zero-order valence-corrected chi connectivity index (χ0v) is 11.8. The van der Waals surface area contributed by atoms with Gasteiger partial charge in [-0.05, 0) is 31.2 Å². The van der Waals surface area contributed by atoms with Crippen molar-refractivity contribution in [2.45, 2.75) is 13.3 Å². The highest BCUT2D eigenvalue weighted by Crippen LogP contribution is 2.23. The summed E-state index contributed by atoms with van der Waals surface area (Å²) in [5, 5.41) is 12.0. The molecular weight excluding hydrogens is 266 g/mol. The predicted molar refractivity (Wildman–Crippen MR) is 78.3 cm³/mol. The molecule has 0 saturated heterocycles. The molecule has 0 aliphatic heterocycles. The van der Waals surface area contributed by atoms with E-state index in [0.717, 1.165) is 6.54 Å². The minimum Gasteiger partial charge on any atom is -0.399 e. The van der Waals surface area contributed by atoms with Crippen LogP contribution in [0.15, 0.2) is 18.2 Å². The topological polar surface area (TPSA) is 78.6 Å². The first-order valence-electron chi connectivity index (χ1n) is 6.25. The minimum atomic E-state index is -0.146. The zero-order valence-electron chi connectivity index (χ0n) is 11.0. The molecule has 0 atom stereocenters. The SMILES string of the molecule is CCN(CCCO)CC(=O)Nc1cc(N)ccc1Cl. The first-order valence-corrected chi connectivity index (χ1v) is 6.62. The maximum Gasteiger partial charge on any atom is 0.238 e. The molecule has 0 radical (unpaired) electrons. The van der Waals surface area contributed by atoms with Crippen molar-refractivity contribution in [2.75, 3.05) is 37.3 Å². The van der Waals surface area contributed by atoms with E-state index in [-0.39, 0.29) is 19.1 Å². The van der Waals surface area contributed by atoms with Gasteiger partial charge in [0, 0.05) is 18.8 Å². The van der Waals surface area contributed by atoms with E-state index in [1.165, 1.54) is 0 Å². The summed E-state index contributed by atoms with van der Waals surface area (Å²) in [6, 6.07) is 4.96. The summed E-state index contributed by atoms with van der Waals surface area (Å²) in [6.07, 6.45) is 0.653. The molecular formula is C13H20ClN3O2. The van der Waals surface area contributed by atoms with Crippen LogP contribution in [0.1, 0.15) is 13.3 Å². The van der Waals surface area contributed by atoms with Crippen molar-refractivity contribution < 1.29 is 9.90 Å². The van der Waals surface area contributed by atoms with Crippen LogP contribution in [0, 0.1) is 0 Å². The smallest absolute Gasteiger partial charge is 0.238 e. The molecule has 0 heterocycles. The second-order valence-corrected chi connectivity index (χ2v) is 4.64. The van der Waals surface area contributed by atoms with Crippen molar-refractivity contribution in [3.8, 4) is 0 Å². The van der Waals surface area contributed by atoms with Crippen molar-refractivity contribution in [1.29, 1.82) is 0 Å². The maximum atomic E-state index is 11.9. The third-order valence-corrected chi connectivity index (χ3v) is 3.04. The largest absolute Gasteiger partial charge is 0.399 e. The molecule has 1 amide bonds. The summed E-state index contributed by atoms with van der Waals surface area (Å²) in [7, 11) is 0. The number of aliphatic hydroxyl groups excluding tert-OH is 1. The van der Waals surface area contributed by atoms with Crippen LogP contribution >= 0.6 is 11.6 Å². The number of likely N-dealkylation sites (N-methyl/N-ethyl adjacent to an activating group) is 1. The Balaban J connectivity index is 2.56. The summed E-state index contributed by atoms with van der Waals surface area (Å²) in [5.41, 5.74) is 6.72. The Hall–Kier alpha value is -1.30. The third-order valence-electron chi connectivity index (χ3n) is 2.71. The van der Waals surface area contributed by atoms with Crippen LogP contribution in [0.2, 0.25) is 5.02 Å². The van der Waals surface area contributed by atoms with Gasteiger partial charge in [-0.1, -0.05) is 18.5 Å². The van der Waals surface area contributed by atoms with Crippen LogP contribution in [0.25, 0.3) is 0 Å². The number of benzene rings is 1. The van der Waals surface area contributed by atoms with Gasteiger partial charge in [0.05, 0.1) is 17.3 Å². The number of nitrogen functional groups attached to an aromatic ring is 1. The first kappa shape index (κ1) is 15.8. The Bertz CT molecular complexity index is 426. The summed E-state index contributed by atoms with van der Waals surface area (Å²) in [4.78, 5) is 13.8. The van der Waals surface area contributed by atoms with Crippen LogP contribution in [0.4, 0.5) is 11.4 Å². The predicted octanol–water partition coefficient (Wildman–Crippen LogP) is 1.56. The number of carbonyl (C=O) groups is 1.